The molecule has 3 heteroatoms. The first-order valence-electron chi connectivity index (χ1n) is 3.72. The number of hydrogen-bond donors (Lipinski definition) is 2. The van der Waals surface area contributed by atoms with Gasteiger partial charge in [-0.2, -0.15) is 5.10 Å². The van der Waals surface area contributed by atoms with Crippen molar-refractivity contribution >= 4 is 0 Å². The van der Waals surface area contributed by atoms with E-state index >= 15 is 0 Å². The number of aliphatic hydroxyl groups is 1. The van der Waals surface area contributed by atoms with Crippen molar-refractivity contribution in [1.29, 1.82) is 0 Å². The highest BCUT2D eigenvalue weighted by molar-refractivity contribution is 4.72. The zero-order valence-corrected chi connectivity index (χ0v) is 7.33. The molecule has 1 aromatic heterocycles. The van der Waals surface area contributed by atoms with Gasteiger partial charge in [-0.05, 0) is 26.3 Å². The summed E-state index contributed by atoms with van der Waals surface area (Å²) in [6, 6.07) is 1.83. The number of hydrogen-bond acceptors (Lipinski definition) is 2. The molecule has 1 rings (SSSR count). The van der Waals surface area contributed by atoms with E-state index < -0.39 is 5.60 Å². The van der Waals surface area contributed by atoms with E-state index in [0.717, 1.165) is 6.42 Å². The fraction of sp³-hybridized carbons (Fsp3) is 0.625. The van der Waals surface area contributed by atoms with Gasteiger partial charge in [0.05, 0.1) is 5.60 Å². The Labute approximate surface area is 67.5 Å². The van der Waals surface area contributed by atoms with Crippen molar-refractivity contribution in [3.63, 3.8) is 0 Å². The van der Waals surface area contributed by atoms with Crippen molar-refractivity contribution in [2.24, 2.45) is 0 Å². The lowest BCUT2D eigenvalue weighted by atomic mass is 10.1. The minimum Gasteiger partial charge on any atom is -0.390 e. The largest absolute Gasteiger partial charge is 0.390 e. The predicted molar refractivity (Wildman–Crippen MR) is 45.2 cm³/mol. The van der Waals surface area contributed by atoms with E-state index in [1.54, 1.807) is 26.2 Å². The zero-order chi connectivity index (χ0) is 8.74. The number of nitrogens with zero attached hydrogens (tertiary/aromatic N) is 1. The van der Waals surface area contributed by atoms with Crippen LogP contribution in [0.15, 0.2) is 18.5 Å². The Bertz CT molecular complexity index is 136. The lowest BCUT2D eigenvalue weighted by Gasteiger charge is -2.11. The Kier molecular flexibility index (Phi) is 4.54. The average Bonchev–Trinajstić information content (AvgIpc) is 2.41. The van der Waals surface area contributed by atoms with E-state index in [2.05, 4.69) is 10.2 Å². The second kappa shape index (κ2) is 4.91. The van der Waals surface area contributed by atoms with Gasteiger partial charge in [0.2, 0.25) is 0 Å². The van der Waals surface area contributed by atoms with Crippen LogP contribution in [0.4, 0.5) is 0 Å². The molecule has 1 heterocycles. The summed E-state index contributed by atoms with van der Waals surface area (Å²) in [6.07, 6.45) is 4.28. The van der Waals surface area contributed by atoms with Crippen LogP contribution in [-0.2, 0) is 0 Å². The molecular weight excluding hydrogens is 140 g/mol. The minimum absolute atomic E-state index is 0.458. The Hall–Kier alpha value is -0.830. The van der Waals surface area contributed by atoms with Crippen LogP contribution in [-0.4, -0.2) is 20.9 Å². The number of rotatable bonds is 1. The molecule has 0 spiro atoms. The number of aromatic amines is 1. The van der Waals surface area contributed by atoms with E-state index in [9.17, 15) is 0 Å². The Balaban J connectivity index is 0.000000183. The molecule has 64 valence electrons. The highest BCUT2D eigenvalue weighted by atomic mass is 16.3. The molecule has 0 amide bonds. The average molecular weight is 156 g/mol. The maximum absolute atomic E-state index is 8.83. The zero-order valence-electron chi connectivity index (χ0n) is 7.33. The molecule has 0 aromatic carbocycles. The van der Waals surface area contributed by atoms with Crippen LogP contribution in [0.2, 0.25) is 0 Å². The van der Waals surface area contributed by atoms with Crippen LogP contribution in [0.5, 0.6) is 0 Å². The topological polar surface area (TPSA) is 48.9 Å². The van der Waals surface area contributed by atoms with E-state index in [-0.39, 0.29) is 0 Å². The van der Waals surface area contributed by atoms with Crippen LogP contribution in [0.3, 0.4) is 0 Å². The number of nitrogens with one attached hydrogen (secondary N) is 1. The van der Waals surface area contributed by atoms with Crippen LogP contribution in [0.25, 0.3) is 0 Å². The summed E-state index contributed by atoms with van der Waals surface area (Å²) in [6.45, 7) is 5.56. The number of aromatic nitrogens is 2. The molecule has 1 aromatic rings. The van der Waals surface area contributed by atoms with Gasteiger partial charge >= 0.3 is 0 Å². The second-order valence-corrected chi connectivity index (χ2v) is 2.93. The maximum Gasteiger partial charge on any atom is 0.0589 e. The Morgan fingerprint density at radius 2 is 2.09 bits per heavy atom. The van der Waals surface area contributed by atoms with E-state index in [1.165, 1.54) is 0 Å². The molecular formula is C8H16N2O. The highest BCUT2D eigenvalue weighted by Gasteiger charge is 2.05. The molecule has 0 unspecified atom stereocenters. The van der Waals surface area contributed by atoms with Crippen LogP contribution in [0, 0.1) is 0 Å². The quantitative estimate of drug-likeness (QED) is 0.648. The molecule has 0 atom stereocenters. The predicted octanol–water partition coefficient (Wildman–Crippen LogP) is 1.58. The first kappa shape index (κ1) is 10.2. The maximum atomic E-state index is 8.83. The van der Waals surface area contributed by atoms with Crippen LogP contribution < -0.4 is 0 Å². The molecule has 0 radical (unpaired) electrons. The highest BCUT2D eigenvalue weighted by Crippen LogP contribution is 2.03. The van der Waals surface area contributed by atoms with Gasteiger partial charge in [-0.25, -0.2) is 0 Å². The van der Waals surface area contributed by atoms with E-state index in [1.807, 2.05) is 13.0 Å². The monoisotopic (exact) mass is 156 g/mol. The second-order valence-electron chi connectivity index (χ2n) is 2.93. The van der Waals surface area contributed by atoms with Crippen molar-refractivity contribution in [1.82, 2.24) is 10.2 Å². The van der Waals surface area contributed by atoms with Gasteiger partial charge < -0.3 is 5.11 Å². The fourth-order valence-corrected chi connectivity index (χ4v) is 0.215. The third-order valence-electron chi connectivity index (χ3n) is 1.27. The first-order chi connectivity index (χ1) is 5.06. The molecule has 0 bridgehead atoms. The van der Waals surface area contributed by atoms with Crippen molar-refractivity contribution in [2.75, 3.05) is 0 Å². The van der Waals surface area contributed by atoms with Crippen LogP contribution >= 0.6 is 0 Å². The Morgan fingerprint density at radius 1 is 1.55 bits per heavy atom. The van der Waals surface area contributed by atoms with Crippen molar-refractivity contribution in [2.45, 2.75) is 32.8 Å². The number of H-pyrrole nitrogens is 1. The van der Waals surface area contributed by atoms with Gasteiger partial charge in [0.25, 0.3) is 0 Å². The van der Waals surface area contributed by atoms with Gasteiger partial charge in [-0.3, -0.25) is 5.10 Å². The van der Waals surface area contributed by atoms with Gasteiger partial charge in [0.15, 0.2) is 0 Å². The molecule has 2 N–H and O–H groups in total. The summed E-state index contributed by atoms with van der Waals surface area (Å²) in [5, 5.41) is 15.0. The normalized spacial score (nSPS) is 10.2. The third-order valence-corrected chi connectivity index (χ3v) is 1.27. The summed E-state index contributed by atoms with van der Waals surface area (Å²) >= 11 is 0. The fourth-order valence-electron chi connectivity index (χ4n) is 0.215. The van der Waals surface area contributed by atoms with Gasteiger partial charge in [-0.15, -0.1) is 0 Å². The summed E-state index contributed by atoms with van der Waals surface area (Å²) < 4.78 is 0. The molecule has 0 aliphatic heterocycles. The molecule has 0 saturated carbocycles. The van der Waals surface area contributed by atoms with E-state index in [0.29, 0.717) is 0 Å². The van der Waals surface area contributed by atoms with Gasteiger partial charge in [0.1, 0.15) is 0 Å². The van der Waals surface area contributed by atoms with Crippen LogP contribution in [0.1, 0.15) is 27.2 Å². The molecule has 0 fully saturated rings. The van der Waals surface area contributed by atoms with Gasteiger partial charge in [0, 0.05) is 12.4 Å². The molecule has 0 aliphatic carbocycles. The van der Waals surface area contributed by atoms with E-state index in [4.69, 9.17) is 5.11 Å². The Morgan fingerprint density at radius 3 is 2.18 bits per heavy atom. The lowest BCUT2D eigenvalue weighted by Crippen LogP contribution is -2.15. The standard InChI is InChI=1S/C5H12O.C3H4N2/c1-4-5(2,3)6;1-2-4-5-3-1/h6H,4H2,1-3H3;1-3H,(H,4,5). The van der Waals surface area contributed by atoms with Crippen molar-refractivity contribution in [3.05, 3.63) is 18.5 Å². The molecule has 11 heavy (non-hydrogen) atoms. The minimum atomic E-state index is -0.458. The van der Waals surface area contributed by atoms with Gasteiger partial charge in [-0.1, -0.05) is 6.92 Å². The lowest BCUT2D eigenvalue weighted by molar-refractivity contribution is 0.0765. The molecule has 0 saturated heterocycles. The SMILES string of the molecule is CCC(C)(C)O.c1cn[nH]c1. The molecule has 3 nitrogen and oxygen atoms in total. The molecule has 0 aliphatic rings. The summed E-state index contributed by atoms with van der Waals surface area (Å²) in [5.74, 6) is 0. The summed E-state index contributed by atoms with van der Waals surface area (Å²) in [5.41, 5.74) is -0.458. The third kappa shape index (κ3) is 9.17. The first-order valence-corrected chi connectivity index (χ1v) is 3.72. The summed E-state index contributed by atoms with van der Waals surface area (Å²) in [4.78, 5) is 0. The summed E-state index contributed by atoms with van der Waals surface area (Å²) in [7, 11) is 0. The van der Waals surface area contributed by atoms with Crippen molar-refractivity contribution < 1.29 is 5.11 Å². The smallest absolute Gasteiger partial charge is 0.0589 e. The van der Waals surface area contributed by atoms with Crippen molar-refractivity contribution in [3.8, 4) is 0 Å².